The summed E-state index contributed by atoms with van der Waals surface area (Å²) in [4.78, 5) is 16.7. The van der Waals surface area contributed by atoms with Gasteiger partial charge in [0.15, 0.2) is 5.70 Å². The number of esters is 1. The number of hydrogen-bond donors (Lipinski definition) is 0. The number of aryl methyl sites for hydroxylation is 1. The number of nitrogens with zero attached hydrogens (tertiary/aromatic N) is 3. The van der Waals surface area contributed by atoms with Gasteiger partial charge in [0, 0.05) is 36.8 Å². The van der Waals surface area contributed by atoms with Crippen LogP contribution in [0.4, 0.5) is 0 Å². The molecule has 2 aromatic carbocycles. The lowest BCUT2D eigenvalue weighted by Crippen LogP contribution is -2.28. The van der Waals surface area contributed by atoms with Crippen LogP contribution in [-0.2, 0) is 19.7 Å². The van der Waals surface area contributed by atoms with Crippen LogP contribution in [0.2, 0.25) is 0 Å². The van der Waals surface area contributed by atoms with Gasteiger partial charge in [-0.05, 0) is 31.2 Å². The van der Waals surface area contributed by atoms with Crippen LogP contribution in [0.15, 0.2) is 65.4 Å². The Hall–Kier alpha value is -3.23. The minimum atomic E-state index is -3.72. The zero-order valence-corrected chi connectivity index (χ0v) is 17.0. The number of para-hydroxylation sites is 1. The van der Waals surface area contributed by atoms with Gasteiger partial charge in [-0.2, -0.15) is 12.7 Å². The molecular weight excluding hydrogens is 390 g/mol. The fourth-order valence-corrected chi connectivity index (χ4v) is 4.04. The van der Waals surface area contributed by atoms with Crippen LogP contribution in [0.5, 0.6) is 0 Å². The summed E-state index contributed by atoms with van der Waals surface area (Å²) < 4.78 is 33.0. The minimum Gasteiger partial charge on any atom is -0.402 e. The monoisotopic (exact) mass is 409 g/mol. The highest BCUT2D eigenvalue weighted by Gasteiger charge is 2.26. The third-order valence-corrected chi connectivity index (χ3v) is 6.35. The predicted octanol–water partition coefficient (Wildman–Crippen LogP) is 2.95. The molecule has 0 atom stereocenters. The molecule has 1 aliphatic rings. The van der Waals surface area contributed by atoms with Crippen molar-refractivity contribution >= 4 is 39.1 Å². The quantitative estimate of drug-likeness (QED) is 0.490. The number of rotatable bonds is 4. The van der Waals surface area contributed by atoms with E-state index < -0.39 is 16.2 Å². The summed E-state index contributed by atoms with van der Waals surface area (Å²) in [6.45, 7) is 1.97. The average Bonchev–Trinajstić information content (AvgIpc) is 3.24. The number of aliphatic imine (C=N–C) groups is 1. The third-order valence-electron chi connectivity index (χ3n) is 4.63. The summed E-state index contributed by atoms with van der Waals surface area (Å²) in [6.07, 6.45) is 3.03. The van der Waals surface area contributed by atoms with Crippen molar-refractivity contribution in [3.05, 3.63) is 77.1 Å². The van der Waals surface area contributed by atoms with Gasteiger partial charge in [-0.3, -0.25) is 0 Å². The maximum Gasteiger partial charge on any atom is 0.363 e. The van der Waals surface area contributed by atoms with E-state index in [9.17, 15) is 13.2 Å². The number of ether oxygens (including phenoxy) is 1. The summed E-state index contributed by atoms with van der Waals surface area (Å²) in [6, 6.07) is 14.6. The van der Waals surface area contributed by atoms with E-state index in [4.69, 9.17) is 4.74 Å². The van der Waals surface area contributed by atoms with Crippen molar-refractivity contribution < 1.29 is 17.9 Å². The Morgan fingerprint density at radius 3 is 2.45 bits per heavy atom. The van der Waals surface area contributed by atoms with Crippen LogP contribution in [0.1, 0.15) is 16.7 Å². The van der Waals surface area contributed by atoms with E-state index in [1.165, 1.54) is 24.3 Å². The summed E-state index contributed by atoms with van der Waals surface area (Å²) in [7, 11) is -0.785. The van der Waals surface area contributed by atoms with E-state index in [0.717, 1.165) is 9.87 Å². The van der Waals surface area contributed by atoms with E-state index >= 15 is 0 Å². The first-order valence-corrected chi connectivity index (χ1v) is 10.3. The molecule has 29 heavy (non-hydrogen) atoms. The molecule has 0 amide bonds. The Kier molecular flexibility index (Phi) is 4.60. The Morgan fingerprint density at radius 1 is 1.07 bits per heavy atom. The SMILES string of the molecule is Cc1ccc(C2=N/C(=C\c3cn(S(=O)(=O)N(C)C)c4ccccc34)C(=O)O2)cc1. The van der Waals surface area contributed by atoms with Gasteiger partial charge in [0.2, 0.25) is 5.90 Å². The van der Waals surface area contributed by atoms with Gasteiger partial charge in [0.1, 0.15) is 0 Å². The maximum atomic E-state index is 12.7. The second kappa shape index (κ2) is 6.98. The molecule has 0 aliphatic carbocycles. The van der Waals surface area contributed by atoms with Gasteiger partial charge in [-0.1, -0.05) is 35.9 Å². The second-order valence-electron chi connectivity index (χ2n) is 6.89. The molecule has 2 heterocycles. The van der Waals surface area contributed by atoms with Gasteiger partial charge in [0.05, 0.1) is 5.52 Å². The highest BCUT2D eigenvalue weighted by molar-refractivity contribution is 7.87. The maximum absolute atomic E-state index is 12.7. The first-order valence-electron chi connectivity index (χ1n) is 8.90. The Balaban J connectivity index is 1.82. The van der Waals surface area contributed by atoms with Crippen molar-refractivity contribution in [2.45, 2.75) is 6.92 Å². The van der Waals surface area contributed by atoms with Crippen molar-refractivity contribution in [1.29, 1.82) is 0 Å². The van der Waals surface area contributed by atoms with Crippen LogP contribution < -0.4 is 0 Å². The Morgan fingerprint density at radius 2 is 1.76 bits per heavy atom. The van der Waals surface area contributed by atoms with E-state index in [1.807, 2.05) is 37.3 Å². The normalized spacial score (nSPS) is 15.9. The largest absolute Gasteiger partial charge is 0.402 e. The van der Waals surface area contributed by atoms with Crippen LogP contribution in [0.3, 0.4) is 0 Å². The lowest BCUT2D eigenvalue weighted by Gasteiger charge is -2.12. The van der Waals surface area contributed by atoms with Gasteiger partial charge in [-0.25, -0.2) is 13.8 Å². The van der Waals surface area contributed by atoms with E-state index in [1.54, 1.807) is 24.3 Å². The zero-order valence-electron chi connectivity index (χ0n) is 16.2. The fraction of sp³-hybridized carbons (Fsp3) is 0.143. The highest BCUT2D eigenvalue weighted by Crippen LogP contribution is 2.27. The summed E-state index contributed by atoms with van der Waals surface area (Å²) in [5, 5.41) is 0.692. The highest BCUT2D eigenvalue weighted by atomic mass is 32.2. The number of cyclic esters (lactones) is 1. The van der Waals surface area contributed by atoms with Crippen molar-refractivity contribution in [2.24, 2.45) is 4.99 Å². The summed E-state index contributed by atoms with van der Waals surface area (Å²) >= 11 is 0. The molecule has 1 aromatic heterocycles. The number of carbonyl (C=O) groups excluding carboxylic acids is 1. The molecular formula is C21H19N3O4S. The zero-order chi connectivity index (χ0) is 20.8. The molecule has 0 radical (unpaired) electrons. The molecule has 0 N–H and O–H groups in total. The summed E-state index contributed by atoms with van der Waals surface area (Å²) in [5.74, 6) is -0.348. The van der Waals surface area contributed by atoms with Gasteiger partial charge in [0.25, 0.3) is 0 Å². The third kappa shape index (κ3) is 3.37. The molecule has 0 bridgehead atoms. The van der Waals surface area contributed by atoms with Crippen LogP contribution >= 0.6 is 0 Å². The van der Waals surface area contributed by atoms with Gasteiger partial charge < -0.3 is 4.74 Å². The average molecular weight is 409 g/mol. The van der Waals surface area contributed by atoms with Crippen LogP contribution in [0.25, 0.3) is 17.0 Å². The Bertz CT molecular complexity index is 1280. The molecule has 148 valence electrons. The van der Waals surface area contributed by atoms with Crippen molar-refractivity contribution in [1.82, 2.24) is 8.28 Å². The standard InChI is InChI=1S/C21H19N3O4S/c1-14-8-10-15(11-9-14)20-22-18(21(25)28-20)12-16-13-24(29(26,27)23(2)3)19-7-5-4-6-17(16)19/h4-13H,1-3H3/b18-12-. The predicted molar refractivity (Wildman–Crippen MR) is 112 cm³/mol. The molecule has 1 aliphatic heterocycles. The number of carbonyl (C=O) groups is 1. The second-order valence-corrected chi connectivity index (χ2v) is 8.91. The topological polar surface area (TPSA) is 81.0 Å². The van der Waals surface area contributed by atoms with Gasteiger partial charge in [-0.15, -0.1) is 0 Å². The number of aromatic nitrogens is 1. The van der Waals surface area contributed by atoms with E-state index in [-0.39, 0.29) is 11.6 Å². The minimum absolute atomic E-state index is 0.116. The number of benzene rings is 2. The molecule has 7 nitrogen and oxygen atoms in total. The summed E-state index contributed by atoms with van der Waals surface area (Å²) in [5.41, 5.74) is 2.98. The molecule has 0 unspecified atom stereocenters. The van der Waals surface area contributed by atoms with Crippen LogP contribution in [-0.4, -0.2) is 42.7 Å². The van der Waals surface area contributed by atoms with E-state index in [0.29, 0.717) is 22.0 Å². The van der Waals surface area contributed by atoms with Crippen molar-refractivity contribution in [3.8, 4) is 0 Å². The number of fused-ring (bicyclic) bond motifs is 1. The first-order chi connectivity index (χ1) is 13.8. The molecule has 4 rings (SSSR count). The lowest BCUT2D eigenvalue weighted by atomic mass is 10.1. The molecule has 8 heteroatoms. The Labute approximate surface area is 168 Å². The molecule has 0 saturated carbocycles. The molecule has 0 saturated heterocycles. The molecule has 3 aromatic rings. The lowest BCUT2D eigenvalue weighted by molar-refractivity contribution is -0.129. The fourth-order valence-electron chi connectivity index (χ4n) is 3.03. The van der Waals surface area contributed by atoms with Crippen molar-refractivity contribution in [2.75, 3.05) is 14.1 Å². The smallest absolute Gasteiger partial charge is 0.363 e. The molecule has 0 fully saturated rings. The van der Waals surface area contributed by atoms with Crippen molar-refractivity contribution in [3.63, 3.8) is 0 Å². The first kappa shape index (κ1) is 19.1. The van der Waals surface area contributed by atoms with Crippen LogP contribution in [0, 0.1) is 6.92 Å². The van der Waals surface area contributed by atoms with E-state index in [2.05, 4.69) is 4.99 Å². The number of hydrogen-bond acceptors (Lipinski definition) is 5. The van der Waals surface area contributed by atoms with Gasteiger partial charge >= 0.3 is 16.2 Å². The molecule has 0 spiro atoms.